The molecule has 0 aliphatic rings. The van der Waals surface area contributed by atoms with Gasteiger partial charge in [0, 0.05) is 39.9 Å². The molecule has 0 radical (unpaired) electrons. The highest BCUT2D eigenvalue weighted by Gasteiger charge is 2.17. The van der Waals surface area contributed by atoms with Crippen molar-refractivity contribution in [3.63, 3.8) is 0 Å². The lowest BCUT2D eigenvalue weighted by molar-refractivity contribution is 0.262. The zero-order valence-corrected chi connectivity index (χ0v) is 19.7. The van der Waals surface area contributed by atoms with E-state index in [0.717, 1.165) is 0 Å². The minimum atomic E-state index is -0.587. The Morgan fingerprint density at radius 3 is 2.41 bits per heavy atom. The molecule has 0 saturated carbocycles. The molecule has 0 saturated heterocycles. The summed E-state index contributed by atoms with van der Waals surface area (Å²) in [7, 11) is 0. The molecule has 0 unspecified atom stereocenters. The molecule has 3 rings (SSSR count). The first kappa shape index (κ1) is 24.7. The molecule has 10 heteroatoms. The van der Waals surface area contributed by atoms with Crippen LogP contribution in [0.4, 0.5) is 26.5 Å². The molecule has 2 amide bonds. The van der Waals surface area contributed by atoms with Crippen molar-refractivity contribution in [2.75, 3.05) is 16.4 Å². The Balaban J connectivity index is 1.92. The molecular formula is C24H25ClFN7O. The summed E-state index contributed by atoms with van der Waals surface area (Å²) in [5, 5.41) is 17.7. The van der Waals surface area contributed by atoms with Crippen molar-refractivity contribution in [2.45, 2.75) is 26.3 Å². The summed E-state index contributed by atoms with van der Waals surface area (Å²) in [6.07, 6.45) is 3.06. The fourth-order valence-corrected chi connectivity index (χ4v) is 3.01. The maximum Gasteiger partial charge on any atom is 0.323 e. The first-order valence-electron chi connectivity index (χ1n) is 10.3. The summed E-state index contributed by atoms with van der Waals surface area (Å²) >= 11 is 5.86. The molecule has 2 aromatic carbocycles. The topological polar surface area (TPSA) is 129 Å². The Labute approximate surface area is 202 Å². The molecule has 1 heterocycles. The smallest absolute Gasteiger partial charge is 0.323 e. The average molecular weight is 482 g/mol. The van der Waals surface area contributed by atoms with Crippen molar-refractivity contribution in [1.29, 1.82) is 5.41 Å². The van der Waals surface area contributed by atoms with Crippen LogP contribution in [0.15, 0.2) is 60.9 Å². The number of halogens is 2. The molecule has 0 atom stereocenters. The normalized spacial score (nSPS) is 11.6. The van der Waals surface area contributed by atoms with Crippen molar-refractivity contribution in [1.82, 2.24) is 15.3 Å². The van der Waals surface area contributed by atoms with E-state index >= 15 is 0 Å². The second-order valence-corrected chi connectivity index (χ2v) is 8.88. The number of urea groups is 1. The van der Waals surface area contributed by atoms with Gasteiger partial charge in [0.05, 0.1) is 11.4 Å². The number of nitrogens with one attached hydrogen (secondary N) is 4. The van der Waals surface area contributed by atoms with E-state index in [0.29, 0.717) is 21.8 Å². The number of carbonyl (C=O) groups is 1. The number of hydrogen-bond acceptors (Lipinski definition) is 6. The molecule has 0 fully saturated rings. The third kappa shape index (κ3) is 7.01. The minimum absolute atomic E-state index is 0.00742. The Morgan fingerprint density at radius 1 is 1.09 bits per heavy atom. The number of nitrogens with two attached hydrogens (primary N) is 1. The van der Waals surface area contributed by atoms with E-state index < -0.39 is 11.8 Å². The Bertz CT molecular complexity index is 1240. The van der Waals surface area contributed by atoms with Gasteiger partial charge in [-0.2, -0.15) is 0 Å². The molecule has 176 valence electrons. The average Bonchev–Trinajstić information content (AvgIpc) is 2.74. The zero-order valence-electron chi connectivity index (χ0n) is 18.9. The van der Waals surface area contributed by atoms with E-state index in [9.17, 15) is 9.18 Å². The van der Waals surface area contributed by atoms with Crippen LogP contribution in [0, 0.1) is 11.2 Å². The molecule has 0 aliphatic heterocycles. The number of anilines is 3. The summed E-state index contributed by atoms with van der Waals surface area (Å²) in [5.41, 5.74) is 7.09. The molecule has 0 bridgehead atoms. The molecule has 1 aromatic heterocycles. The second kappa shape index (κ2) is 10.3. The van der Waals surface area contributed by atoms with Crippen LogP contribution in [0.25, 0.3) is 5.57 Å². The van der Waals surface area contributed by atoms with Crippen LogP contribution in [0.1, 0.15) is 32.0 Å². The highest BCUT2D eigenvalue weighted by atomic mass is 35.5. The van der Waals surface area contributed by atoms with Crippen LogP contribution in [-0.4, -0.2) is 27.2 Å². The van der Waals surface area contributed by atoms with Crippen molar-refractivity contribution < 1.29 is 9.18 Å². The van der Waals surface area contributed by atoms with Gasteiger partial charge < -0.3 is 21.7 Å². The predicted octanol–water partition coefficient (Wildman–Crippen LogP) is 5.29. The van der Waals surface area contributed by atoms with Gasteiger partial charge in [-0.15, -0.1) is 0 Å². The highest BCUT2D eigenvalue weighted by Crippen LogP contribution is 2.24. The van der Waals surface area contributed by atoms with Gasteiger partial charge in [0.2, 0.25) is 5.95 Å². The SMILES string of the molecule is CC(C)(C)N/C=C(\C(=N)c1ccnc(N)n1)c1cc(F)cc(NC(=O)Nc2ccc(Cl)cc2)c1. The zero-order chi connectivity index (χ0) is 24.9. The summed E-state index contributed by atoms with van der Waals surface area (Å²) in [6.45, 7) is 5.85. The van der Waals surface area contributed by atoms with Gasteiger partial charge in [-0.05, 0) is 74.9 Å². The van der Waals surface area contributed by atoms with Gasteiger partial charge in [0.25, 0.3) is 0 Å². The number of hydrogen-bond donors (Lipinski definition) is 5. The first-order chi connectivity index (χ1) is 16.0. The number of carbonyl (C=O) groups excluding carboxylic acids is 1. The summed E-state index contributed by atoms with van der Waals surface area (Å²) in [6, 6.07) is 11.6. The fourth-order valence-electron chi connectivity index (χ4n) is 2.88. The predicted molar refractivity (Wildman–Crippen MR) is 135 cm³/mol. The summed E-state index contributed by atoms with van der Waals surface area (Å²) < 4.78 is 14.6. The standard InChI is InChI=1S/C24H25ClFN7O/c1-24(2,3)30-13-19(21(27)20-8-9-29-22(28)33-20)14-10-16(26)12-18(11-14)32-23(34)31-17-6-4-15(25)5-7-17/h4-13,27,30H,1-3H3,(H2,28,29,33)(H2,31,32,34)/b19-13-,27-21?. The maximum absolute atomic E-state index is 14.6. The number of amides is 2. The van der Waals surface area contributed by atoms with Crippen molar-refractivity contribution in [3.8, 4) is 0 Å². The third-order valence-corrected chi connectivity index (χ3v) is 4.67. The van der Waals surface area contributed by atoms with Crippen LogP contribution in [0.5, 0.6) is 0 Å². The maximum atomic E-state index is 14.6. The lowest BCUT2D eigenvalue weighted by atomic mass is 9.98. The highest BCUT2D eigenvalue weighted by molar-refractivity contribution is 6.30. The largest absolute Gasteiger partial charge is 0.386 e. The van der Waals surface area contributed by atoms with Crippen LogP contribution in [0.3, 0.4) is 0 Å². The molecule has 0 spiro atoms. The second-order valence-electron chi connectivity index (χ2n) is 8.44. The fraction of sp³-hybridized carbons (Fsp3) is 0.167. The van der Waals surface area contributed by atoms with E-state index in [1.165, 1.54) is 18.3 Å². The number of aromatic nitrogens is 2. The van der Waals surface area contributed by atoms with Gasteiger partial charge in [-0.25, -0.2) is 19.2 Å². The van der Waals surface area contributed by atoms with E-state index in [2.05, 4.69) is 25.9 Å². The van der Waals surface area contributed by atoms with Gasteiger partial charge in [-0.1, -0.05) is 11.6 Å². The van der Waals surface area contributed by atoms with Crippen LogP contribution >= 0.6 is 11.6 Å². The summed E-state index contributed by atoms with van der Waals surface area (Å²) in [4.78, 5) is 20.4. The van der Waals surface area contributed by atoms with Crippen molar-refractivity contribution >= 4 is 46.2 Å². The van der Waals surface area contributed by atoms with Gasteiger partial charge >= 0.3 is 6.03 Å². The molecule has 34 heavy (non-hydrogen) atoms. The summed E-state index contributed by atoms with van der Waals surface area (Å²) in [5.74, 6) is -0.568. The van der Waals surface area contributed by atoms with Crippen LogP contribution < -0.4 is 21.7 Å². The Morgan fingerprint density at radius 2 is 1.76 bits per heavy atom. The van der Waals surface area contributed by atoms with Crippen molar-refractivity contribution in [3.05, 3.63) is 83.0 Å². The van der Waals surface area contributed by atoms with E-state index in [-0.39, 0.29) is 28.6 Å². The first-order valence-corrected chi connectivity index (χ1v) is 10.7. The lowest BCUT2D eigenvalue weighted by Crippen LogP contribution is -2.32. The molecule has 0 aliphatic carbocycles. The van der Waals surface area contributed by atoms with Gasteiger partial charge in [0.1, 0.15) is 5.82 Å². The van der Waals surface area contributed by atoms with Gasteiger partial charge in [0.15, 0.2) is 0 Å². The Kier molecular flexibility index (Phi) is 7.47. The lowest BCUT2D eigenvalue weighted by Gasteiger charge is -2.21. The van der Waals surface area contributed by atoms with E-state index in [1.807, 2.05) is 20.8 Å². The van der Waals surface area contributed by atoms with Crippen LogP contribution in [-0.2, 0) is 0 Å². The molecule has 3 aromatic rings. The van der Waals surface area contributed by atoms with Crippen molar-refractivity contribution in [2.24, 2.45) is 0 Å². The Hall–Kier alpha value is -3.98. The number of nitrogen functional groups attached to an aromatic ring is 1. The number of rotatable bonds is 6. The minimum Gasteiger partial charge on any atom is -0.386 e. The molecular weight excluding hydrogens is 457 g/mol. The van der Waals surface area contributed by atoms with E-state index in [4.69, 9.17) is 22.7 Å². The molecule has 8 nitrogen and oxygen atoms in total. The van der Waals surface area contributed by atoms with Crippen LogP contribution in [0.2, 0.25) is 5.02 Å². The quantitative estimate of drug-likeness (QED) is 0.305. The molecule has 6 N–H and O–H groups in total. The number of benzene rings is 2. The monoisotopic (exact) mass is 481 g/mol. The number of allylic oxidation sites excluding steroid dienone is 1. The third-order valence-electron chi connectivity index (χ3n) is 4.42. The van der Waals surface area contributed by atoms with Gasteiger partial charge in [-0.3, -0.25) is 5.41 Å². The van der Waals surface area contributed by atoms with E-state index in [1.54, 1.807) is 42.6 Å². The number of nitrogens with zero attached hydrogens (tertiary/aromatic N) is 2.